The Morgan fingerprint density at radius 3 is 1.76 bits per heavy atom. The van der Waals surface area contributed by atoms with Gasteiger partial charge in [-0.25, -0.2) is 4.79 Å². The SMILES string of the molecule is COC(=O)[C@H](CC(C)C)NC(=O)[C@H](CC(C)C)NC(C)=O. The van der Waals surface area contributed by atoms with E-state index in [4.69, 9.17) is 4.74 Å². The van der Waals surface area contributed by atoms with E-state index in [0.717, 1.165) is 0 Å². The minimum atomic E-state index is -0.689. The van der Waals surface area contributed by atoms with Crippen LogP contribution in [-0.4, -0.2) is 37.0 Å². The molecule has 0 aromatic carbocycles. The van der Waals surface area contributed by atoms with Crippen LogP contribution in [0.4, 0.5) is 0 Å². The smallest absolute Gasteiger partial charge is 0.328 e. The summed E-state index contributed by atoms with van der Waals surface area (Å²) in [5.41, 5.74) is 0. The van der Waals surface area contributed by atoms with Crippen LogP contribution in [0.5, 0.6) is 0 Å². The maximum Gasteiger partial charge on any atom is 0.328 e. The molecule has 0 saturated carbocycles. The van der Waals surface area contributed by atoms with Crippen molar-refractivity contribution in [2.75, 3.05) is 7.11 Å². The van der Waals surface area contributed by atoms with Crippen molar-refractivity contribution in [3.8, 4) is 0 Å². The van der Waals surface area contributed by atoms with Crippen molar-refractivity contribution in [1.29, 1.82) is 0 Å². The second-order valence-electron chi connectivity index (χ2n) is 6.10. The summed E-state index contributed by atoms with van der Waals surface area (Å²) >= 11 is 0. The van der Waals surface area contributed by atoms with Crippen molar-refractivity contribution in [3.05, 3.63) is 0 Å². The van der Waals surface area contributed by atoms with Gasteiger partial charge in [0, 0.05) is 6.92 Å². The van der Waals surface area contributed by atoms with E-state index >= 15 is 0 Å². The molecule has 2 atom stereocenters. The molecule has 0 aromatic rings. The summed E-state index contributed by atoms with van der Waals surface area (Å²) in [5.74, 6) is -0.611. The molecule has 0 unspecified atom stereocenters. The summed E-state index contributed by atoms with van der Waals surface area (Å²) in [6.07, 6.45) is 1.01. The quantitative estimate of drug-likeness (QED) is 0.661. The molecule has 0 fully saturated rings. The molecule has 0 spiro atoms. The van der Waals surface area contributed by atoms with E-state index < -0.39 is 18.1 Å². The van der Waals surface area contributed by atoms with Crippen LogP contribution in [0.25, 0.3) is 0 Å². The van der Waals surface area contributed by atoms with Crippen LogP contribution < -0.4 is 10.6 Å². The van der Waals surface area contributed by atoms with E-state index in [2.05, 4.69) is 10.6 Å². The molecule has 0 aromatic heterocycles. The van der Waals surface area contributed by atoms with E-state index in [9.17, 15) is 14.4 Å². The normalized spacial score (nSPS) is 13.7. The van der Waals surface area contributed by atoms with Gasteiger partial charge in [-0.1, -0.05) is 27.7 Å². The molecule has 0 radical (unpaired) electrons. The van der Waals surface area contributed by atoms with Gasteiger partial charge in [0.1, 0.15) is 12.1 Å². The fourth-order valence-corrected chi connectivity index (χ4v) is 2.05. The highest BCUT2D eigenvalue weighted by Crippen LogP contribution is 2.09. The molecule has 0 aliphatic heterocycles. The summed E-state index contributed by atoms with van der Waals surface area (Å²) in [5, 5.41) is 5.31. The zero-order valence-electron chi connectivity index (χ0n) is 13.9. The lowest BCUT2D eigenvalue weighted by Crippen LogP contribution is -2.52. The number of amides is 2. The molecule has 0 heterocycles. The van der Waals surface area contributed by atoms with E-state index in [1.807, 2.05) is 27.7 Å². The summed E-state index contributed by atoms with van der Waals surface area (Å²) in [4.78, 5) is 35.2. The Morgan fingerprint density at radius 1 is 0.905 bits per heavy atom. The fraction of sp³-hybridized carbons (Fsp3) is 0.800. The van der Waals surface area contributed by atoms with Gasteiger partial charge in [0.25, 0.3) is 0 Å². The van der Waals surface area contributed by atoms with E-state index in [1.54, 1.807) is 0 Å². The highest BCUT2D eigenvalue weighted by atomic mass is 16.5. The Labute approximate surface area is 127 Å². The van der Waals surface area contributed by atoms with Gasteiger partial charge in [0.15, 0.2) is 0 Å². The predicted octanol–water partition coefficient (Wildman–Crippen LogP) is 1.24. The molecule has 0 aliphatic carbocycles. The number of nitrogens with one attached hydrogen (secondary N) is 2. The van der Waals surface area contributed by atoms with Crippen molar-refractivity contribution < 1.29 is 19.1 Å². The molecule has 6 heteroatoms. The van der Waals surface area contributed by atoms with E-state index in [0.29, 0.717) is 12.8 Å². The number of carbonyl (C=O) groups excluding carboxylic acids is 3. The zero-order chi connectivity index (χ0) is 16.6. The van der Waals surface area contributed by atoms with Crippen LogP contribution in [0, 0.1) is 11.8 Å². The summed E-state index contributed by atoms with van der Waals surface area (Å²) in [7, 11) is 1.29. The Morgan fingerprint density at radius 2 is 1.38 bits per heavy atom. The molecule has 21 heavy (non-hydrogen) atoms. The first kappa shape index (κ1) is 19.4. The zero-order valence-corrected chi connectivity index (χ0v) is 13.9. The lowest BCUT2D eigenvalue weighted by Gasteiger charge is -2.23. The monoisotopic (exact) mass is 300 g/mol. The van der Waals surface area contributed by atoms with Gasteiger partial charge in [-0.05, 0) is 24.7 Å². The highest BCUT2D eigenvalue weighted by Gasteiger charge is 2.27. The first-order chi connectivity index (χ1) is 9.67. The average Bonchev–Trinajstić information content (AvgIpc) is 2.34. The second kappa shape index (κ2) is 9.37. The Hall–Kier alpha value is -1.59. The minimum Gasteiger partial charge on any atom is -0.467 e. The maximum absolute atomic E-state index is 12.3. The fourth-order valence-electron chi connectivity index (χ4n) is 2.05. The number of methoxy groups -OCH3 is 1. The van der Waals surface area contributed by atoms with Crippen molar-refractivity contribution in [2.24, 2.45) is 11.8 Å². The lowest BCUT2D eigenvalue weighted by molar-refractivity contribution is -0.145. The second-order valence-corrected chi connectivity index (χ2v) is 6.10. The predicted molar refractivity (Wildman–Crippen MR) is 80.5 cm³/mol. The van der Waals surface area contributed by atoms with Gasteiger partial charge >= 0.3 is 5.97 Å². The molecule has 0 bridgehead atoms. The van der Waals surface area contributed by atoms with Crippen molar-refractivity contribution in [1.82, 2.24) is 10.6 Å². The summed E-state index contributed by atoms with van der Waals surface area (Å²) in [6.45, 7) is 9.22. The first-order valence-electron chi connectivity index (χ1n) is 7.32. The Bertz CT molecular complexity index is 367. The third kappa shape index (κ3) is 8.32. The third-order valence-electron chi connectivity index (χ3n) is 2.91. The molecule has 0 saturated heterocycles. The first-order valence-corrected chi connectivity index (χ1v) is 7.32. The molecule has 0 rings (SSSR count). The van der Waals surface area contributed by atoms with Crippen LogP contribution in [-0.2, 0) is 19.1 Å². The largest absolute Gasteiger partial charge is 0.467 e. The lowest BCUT2D eigenvalue weighted by atomic mass is 10.0. The summed E-state index contributed by atoms with van der Waals surface area (Å²) < 4.78 is 4.72. The Kier molecular flexibility index (Phi) is 8.66. The van der Waals surface area contributed by atoms with Crippen LogP contribution >= 0.6 is 0 Å². The van der Waals surface area contributed by atoms with Crippen LogP contribution in [0.15, 0.2) is 0 Å². The summed E-state index contributed by atoms with van der Waals surface area (Å²) in [6, 6.07) is -1.33. The number of esters is 1. The van der Waals surface area contributed by atoms with Gasteiger partial charge in [-0.2, -0.15) is 0 Å². The topological polar surface area (TPSA) is 84.5 Å². The van der Waals surface area contributed by atoms with Crippen molar-refractivity contribution in [3.63, 3.8) is 0 Å². The van der Waals surface area contributed by atoms with Crippen molar-refractivity contribution >= 4 is 17.8 Å². The molecule has 6 nitrogen and oxygen atoms in total. The maximum atomic E-state index is 12.3. The van der Waals surface area contributed by atoms with Gasteiger partial charge < -0.3 is 15.4 Å². The average molecular weight is 300 g/mol. The van der Waals surface area contributed by atoms with Crippen molar-refractivity contribution in [2.45, 2.75) is 59.5 Å². The molecule has 122 valence electrons. The number of hydrogen-bond acceptors (Lipinski definition) is 4. The van der Waals surface area contributed by atoms with Gasteiger partial charge in [-0.3, -0.25) is 9.59 Å². The van der Waals surface area contributed by atoms with E-state index in [1.165, 1.54) is 14.0 Å². The molecule has 2 N–H and O–H groups in total. The molecular formula is C15H28N2O4. The molecule has 0 aliphatic rings. The number of carbonyl (C=O) groups is 3. The van der Waals surface area contributed by atoms with Crippen LogP contribution in [0.2, 0.25) is 0 Å². The van der Waals surface area contributed by atoms with E-state index in [-0.39, 0.29) is 23.7 Å². The Balaban J connectivity index is 4.87. The van der Waals surface area contributed by atoms with Gasteiger partial charge in [0.05, 0.1) is 7.11 Å². The molecular weight excluding hydrogens is 272 g/mol. The van der Waals surface area contributed by atoms with Crippen LogP contribution in [0.1, 0.15) is 47.5 Å². The molecule has 2 amide bonds. The standard InChI is InChI=1S/C15H28N2O4/c1-9(2)7-12(16-11(5)18)14(19)17-13(8-10(3)4)15(20)21-6/h9-10,12-13H,7-8H2,1-6H3,(H,16,18)(H,17,19)/t12-,13-/m0/s1. The number of ether oxygens (including phenoxy) is 1. The van der Waals surface area contributed by atoms with Gasteiger partial charge in [-0.15, -0.1) is 0 Å². The van der Waals surface area contributed by atoms with Gasteiger partial charge in [0.2, 0.25) is 11.8 Å². The third-order valence-corrected chi connectivity index (χ3v) is 2.91. The van der Waals surface area contributed by atoms with Crippen LogP contribution in [0.3, 0.4) is 0 Å². The number of hydrogen-bond donors (Lipinski definition) is 2. The number of rotatable bonds is 8. The minimum absolute atomic E-state index is 0.235. The highest BCUT2D eigenvalue weighted by molar-refractivity contribution is 5.90.